The Morgan fingerprint density at radius 3 is 2.79 bits per heavy atom. The van der Waals surface area contributed by atoms with E-state index in [1.807, 2.05) is 6.07 Å². The van der Waals surface area contributed by atoms with Gasteiger partial charge < -0.3 is 10.3 Å². The number of nitrogens with zero attached hydrogens (tertiary/aromatic N) is 2. The number of alkyl halides is 3. The lowest BCUT2D eigenvalue weighted by atomic mass is 10.1. The monoisotopic (exact) mass is 403 g/mol. The van der Waals surface area contributed by atoms with Crippen LogP contribution < -0.4 is 5.32 Å². The minimum Gasteiger partial charge on any atom is -0.359 e. The number of carbonyl (C=O) groups is 1. The first kappa shape index (κ1) is 18.7. The Morgan fingerprint density at radius 1 is 1.17 bits per heavy atom. The average Bonchev–Trinajstić information content (AvgIpc) is 3.32. The van der Waals surface area contributed by atoms with Crippen LogP contribution in [0.4, 0.5) is 17.6 Å². The molecule has 1 amide bonds. The molecule has 4 aromatic rings. The lowest BCUT2D eigenvalue weighted by Gasteiger charge is -2.10. The van der Waals surface area contributed by atoms with Crippen molar-refractivity contribution in [1.82, 2.24) is 25.5 Å². The van der Waals surface area contributed by atoms with E-state index >= 15 is 0 Å². The number of aromatic nitrogens is 4. The van der Waals surface area contributed by atoms with Gasteiger partial charge in [-0.2, -0.15) is 18.3 Å². The van der Waals surface area contributed by atoms with Crippen LogP contribution in [0.2, 0.25) is 0 Å². The van der Waals surface area contributed by atoms with Gasteiger partial charge in [0.1, 0.15) is 11.5 Å². The van der Waals surface area contributed by atoms with Crippen LogP contribution in [0.3, 0.4) is 0 Å². The Labute approximate surface area is 161 Å². The number of fused-ring (bicyclic) bond motifs is 1. The van der Waals surface area contributed by atoms with Crippen molar-refractivity contribution < 1.29 is 22.4 Å². The van der Waals surface area contributed by atoms with Gasteiger partial charge in [-0.15, -0.1) is 0 Å². The van der Waals surface area contributed by atoms with Crippen LogP contribution in [0.1, 0.15) is 21.5 Å². The van der Waals surface area contributed by atoms with Crippen LogP contribution in [-0.2, 0) is 12.7 Å². The third-order valence-corrected chi connectivity index (χ3v) is 4.27. The number of carbonyl (C=O) groups excluding carboxylic acids is 1. The van der Waals surface area contributed by atoms with Gasteiger partial charge in [-0.05, 0) is 42.0 Å². The molecule has 0 unspecified atom stereocenters. The summed E-state index contributed by atoms with van der Waals surface area (Å²) in [5.41, 5.74) is 0.893. The largest absolute Gasteiger partial charge is 0.416 e. The van der Waals surface area contributed by atoms with Crippen LogP contribution in [0.5, 0.6) is 0 Å². The molecule has 3 aromatic heterocycles. The summed E-state index contributed by atoms with van der Waals surface area (Å²) in [6.07, 6.45) is -1.60. The van der Waals surface area contributed by atoms with E-state index in [0.717, 1.165) is 17.5 Å². The maximum Gasteiger partial charge on any atom is 0.416 e. The molecule has 29 heavy (non-hydrogen) atoms. The van der Waals surface area contributed by atoms with Crippen molar-refractivity contribution in [2.45, 2.75) is 12.7 Å². The summed E-state index contributed by atoms with van der Waals surface area (Å²) in [6.45, 7) is -0.255. The highest BCUT2D eigenvalue weighted by Gasteiger charge is 2.31. The SMILES string of the molecule is O=C(NCc1cc(F)cc(C(F)(F)F)c1)c1c[nH]c(-c2n[nH]c3ncccc23)c1. The smallest absolute Gasteiger partial charge is 0.359 e. The van der Waals surface area contributed by atoms with E-state index in [2.05, 4.69) is 25.5 Å². The standard InChI is InChI=1S/C19H13F4N5O/c20-13-5-10(4-12(7-13)19(21,22)23)8-26-18(29)11-6-15(25-9-11)16-14-2-1-3-24-17(14)28-27-16/h1-7,9,25H,8H2,(H,26,29)(H,24,27,28). The average molecular weight is 403 g/mol. The summed E-state index contributed by atoms with van der Waals surface area (Å²) in [4.78, 5) is 19.4. The summed E-state index contributed by atoms with van der Waals surface area (Å²) in [5.74, 6) is -1.55. The minimum absolute atomic E-state index is 0.00537. The highest BCUT2D eigenvalue weighted by Crippen LogP contribution is 2.30. The maximum atomic E-state index is 13.5. The summed E-state index contributed by atoms with van der Waals surface area (Å²) < 4.78 is 51.8. The number of nitrogens with one attached hydrogen (secondary N) is 3. The molecule has 4 rings (SSSR count). The first-order valence-electron chi connectivity index (χ1n) is 8.44. The molecule has 0 fully saturated rings. The first-order chi connectivity index (χ1) is 13.8. The third-order valence-electron chi connectivity index (χ3n) is 4.27. The molecule has 1 aromatic carbocycles. The number of amides is 1. The number of hydrogen-bond donors (Lipinski definition) is 3. The second-order valence-corrected chi connectivity index (χ2v) is 6.30. The van der Waals surface area contributed by atoms with Gasteiger partial charge in [-0.1, -0.05) is 0 Å². The Morgan fingerprint density at radius 2 is 2.00 bits per heavy atom. The lowest BCUT2D eigenvalue weighted by Crippen LogP contribution is -2.22. The van der Waals surface area contributed by atoms with E-state index in [9.17, 15) is 22.4 Å². The molecular formula is C19H13F4N5O. The van der Waals surface area contributed by atoms with E-state index in [4.69, 9.17) is 0 Å². The molecule has 0 aliphatic heterocycles. The lowest BCUT2D eigenvalue weighted by molar-refractivity contribution is -0.137. The van der Waals surface area contributed by atoms with Crippen molar-refractivity contribution in [3.05, 3.63) is 71.3 Å². The molecule has 0 bridgehead atoms. The molecule has 0 aliphatic carbocycles. The molecule has 3 heterocycles. The molecule has 0 spiro atoms. The molecule has 3 N–H and O–H groups in total. The van der Waals surface area contributed by atoms with Crippen molar-refractivity contribution in [2.75, 3.05) is 0 Å². The van der Waals surface area contributed by atoms with Gasteiger partial charge in [-0.3, -0.25) is 9.89 Å². The van der Waals surface area contributed by atoms with Crippen LogP contribution >= 0.6 is 0 Å². The fraction of sp³-hybridized carbons (Fsp3) is 0.105. The van der Waals surface area contributed by atoms with Crippen LogP contribution in [-0.4, -0.2) is 26.1 Å². The molecule has 0 saturated carbocycles. The second kappa shape index (κ2) is 7.04. The zero-order chi connectivity index (χ0) is 20.6. The zero-order valence-electron chi connectivity index (χ0n) is 14.6. The summed E-state index contributed by atoms with van der Waals surface area (Å²) >= 11 is 0. The van der Waals surface area contributed by atoms with E-state index in [0.29, 0.717) is 23.1 Å². The Balaban J connectivity index is 1.50. The number of pyridine rings is 1. The van der Waals surface area contributed by atoms with Gasteiger partial charge >= 0.3 is 6.18 Å². The fourth-order valence-corrected chi connectivity index (χ4v) is 2.92. The number of H-pyrrole nitrogens is 2. The molecule has 0 saturated heterocycles. The summed E-state index contributed by atoms with van der Waals surface area (Å²) in [5, 5.41) is 10.2. The van der Waals surface area contributed by atoms with Gasteiger partial charge in [0.2, 0.25) is 0 Å². The van der Waals surface area contributed by atoms with Crippen molar-refractivity contribution in [2.24, 2.45) is 0 Å². The third kappa shape index (κ3) is 3.82. The molecule has 148 valence electrons. The number of aromatic amines is 2. The van der Waals surface area contributed by atoms with Crippen LogP contribution in [0.25, 0.3) is 22.4 Å². The van der Waals surface area contributed by atoms with Crippen molar-refractivity contribution in [3.63, 3.8) is 0 Å². The molecule has 0 radical (unpaired) electrons. The maximum absolute atomic E-state index is 13.5. The van der Waals surface area contributed by atoms with E-state index in [1.54, 1.807) is 18.3 Å². The summed E-state index contributed by atoms with van der Waals surface area (Å²) in [7, 11) is 0. The predicted molar refractivity (Wildman–Crippen MR) is 96.2 cm³/mol. The fourth-order valence-electron chi connectivity index (χ4n) is 2.92. The molecule has 0 aliphatic rings. The predicted octanol–water partition coefficient (Wildman–Crippen LogP) is 4.04. The van der Waals surface area contributed by atoms with Gasteiger partial charge in [-0.25, -0.2) is 9.37 Å². The highest BCUT2D eigenvalue weighted by atomic mass is 19.4. The van der Waals surface area contributed by atoms with E-state index in [-0.39, 0.29) is 17.7 Å². The van der Waals surface area contributed by atoms with Crippen molar-refractivity contribution in [1.29, 1.82) is 0 Å². The first-order valence-corrected chi connectivity index (χ1v) is 8.44. The molecule has 6 nitrogen and oxygen atoms in total. The van der Waals surface area contributed by atoms with Crippen molar-refractivity contribution >= 4 is 16.9 Å². The minimum atomic E-state index is -4.67. The van der Waals surface area contributed by atoms with Gasteiger partial charge in [0.05, 0.1) is 16.8 Å². The zero-order valence-corrected chi connectivity index (χ0v) is 14.6. The number of hydrogen-bond acceptors (Lipinski definition) is 3. The Bertz CT molecular complexity index is 1190. The molecule has 0 atom stereocenters. The highest BCUT2D eigenvalue weighted by molar-refractivity contribution is 5.97. The number of rotatable bonds is 4. The normalized spacial score (nSPS) is 11.7. The van der Waals surface area contributed by atoms with Gasteiger partial charge in [0.25, 0.3) is 5.91 Å². The van der Waals surface area contributed by atoms with E-state index < -0.39 is 23.5 Å². The topological polar surface area (TPSA) is 86.5 Å². The quantitative estimate of drug-likeness (QED) is 0.450. The van der Waals surface area contributed by atoms with Crippen LogP contribution in [0.15, 0.2) is 48.8 Å². The van der Waals surface area contributed by atoms with Gasteiger partial charge in [0.15, 0.2) is 5.65 Å². The molecule has 10 heteroatoms. The van der Waals surface area contributed by atoms with Crippen molar-refractivity contribution in [3.8, 4) is 11.4 Å². The number of benzene rings is 1. The van der Waals surface area contributed by atoms with Crippen LogP contribution in [0, 0.1) is 5.82 Å². The molecular weight excluding hydrogens is 390 g/mol. The number of halogens is 4. The Kier molecular flexibility index (Phi) is 4.53. The van der Waals surface area contributed by atoms with Gasteiger partial charge in [0, 0.05) is 24.3 Å². The van der Waals surface area contributed by atoms with E-state index in [1.165, 1.54) is 6.20 Å². The second-order valence-electron chi connectivity index (χ2n) is 6.30. The Hall–Kier alpha value is -3.69. The summed E-state index contributed by atoms with van der Waals surface area (Å²) in [6, 6.07) is 7.29.